The maximum Gasteiger partial charge on any atom is 0.416 e. The number of halogens is 3. The minimum atomic E-state index is -4.63. The summed E-state index contributed by atoms with van der Waals surface area (Å²) in [6, 6.07) is 25.4. The van der Waals surface area contributed by atoms with Crippen molar-refractivity contribution in [2.45, 2.75) is 106 Å². The van der Waals surface area contributed by atoms with E-state index in [9.17, 15) is 46.7 Å². The average molecular weight is 1400 g/mol. The first-order valence-electron chi connectivity index (χ1n) is 33.5. The van der Waals surface area contributed by atoms with Gasteiger partial charge in [-0.1, -0.05) is 124 Å². The molecule has 26 heteroatoms. The summed E-state index contributed by atoms with van der Waals surface area (Å²) in [7, 11) is 0. The van der Waals surface area contributed by atoms with Gasteiger partial charge in [0.25, 0.3) is 0 Å². The Morgan fingerprint density at radius 3 is 1.64 bits per heavy atom. The number of benzene rings is 4. The number of ketones is 1. The van der Waals surface area contributed by atoms with Crippen LogP contribution in [0.3, 0.4) is 0 Å². The first kappa shape index (κ1) is 79.3. The Labute approximate surface area is 583 Å². The van der Waals surface area contributed by atoms with Crippen LogP contribution in [0.4, 0.5) is 13.2 Å². The number of Topliss-reactive ketones (excluding diaryl/α,β-unsaturated/α-hetero) is 1. The molecule has 8 N–H and O–H groups in total. The zero-order valence-electron chi connectivity index (χ0n) is 57.9. The summed E-state index contributed by atoms with van der Waals surface area (Å²) in [4.78, 5) is 117. The number of amides is 7. The molecule has 0 bridgehead atoms. The van der Waals surface area contributed by atoms with Crippen LogP contribution in [-0.2, 0) is 70.7 Å². The van der Waals surface area contributed by atoms with Gasteiger partial charge < -0.3 is 71.3 Å². The van der Waals surface area contributed by atoms with E-state index < -0.39 is 83.8 Å². The fraction of sp³-hybridized carbons (Fsp3) is 0.479. The van der Waals surface area contributed by atoms with Crippen LogP contribution < -0.4 is 46.8 Å². The molecule has 0 fully saturated rings. The van der Waals surface area contributed by atoms with E-state index in [0.29, 0.717) is 59.4 Å². The zero-order chi connectivity index (χ0) is 72.2. The van der Waals surface area contributed by atoms with Crippen LogP contribution >= 0.6 is 11.8 Å². The molecule has 0 saturated heterocycles. The number of nitrogens with two attached hydrogens (primary N) is 3. The monoisotopic (exact) mass is 1390 g/mol. The topological polar surface area (TPSA) is 292 Å². The number of alkyl halides is 3. The van der Waals surface area contributed by atoms with Crippen molar-refractivity contribution in [3.8, 4) is 23.0 Å². The van der Waals surface area contributed by atoms with Gasteiger partial charge in [-0.05, 0) is 91.1 Å². The fourth-order valence-corrected chi connectivity index (χ4v) is 12.2. The maximum absolute atomic E-state index is 15.1. The van der Waals surface area contributed by atoms with Crippen molar-refractivity contribution in [3.63, 3.8) is 0 Å². The summed E-state index contributed by atoms with van der Waals surface area (Å²) in [6.45, 7) is 11.6. The van der Waals surface area contributed by atoms with E-state index >= 15 is 4.79 Å². The van der Waals surface area contributed by atoms with Gasteiger partial charge in [-0.25, -0.2) is 0 Å². The molecule has 6 rings (SSSR count). The minimum Gasteiger partial charge on any atom is -0.454 e. The SMILES string of the molecule is CC/C(=C\[C@H](C)C(=O)N(C/C(=C/[C@H](C)C(=O)N(C/C(C)=C/[C@@H](C)C(=O)N(CC(=O)NCCCC(=O)N(CCN)CC(=O)N(CCN)CC(=O)CC(CSC)C(N)=O)Cc1ccc(C(F)(F)F)cc1)Cc1ccc2c(c1)OCO2)CC)Cc1ccc2c(c1)OCO2)CNCc1ccccc1. The molecule has 2 aliphatic heterocycles. The van der Waals surface area contributed by atoms with Gasteiger partial charge in [0, 0.05) is 97.1 Å². The Morgan fingerprint density at radius 1 is 0.596 bits per heavy atom. The predicted molar refractivity (Wildman–Crippen MR) is 373 cm³/mol. The van der Waals surface area contributed by atoms with E-state index in [-0.39, 0.29) is 117 Å². The number of fused-ring (bicyclic) bond motifs is 2. The number of rotatable bonds is 41. The van der Waals surface area contributed by atoms with Crippen LogP contribution in [-0.4, -0.2) is 169 Å². The van der Waals surface area contributed by atoms with Crippen LogP contribution in [0.2, 0.25) is 0 Å². The van der Waals surface area contributed by atoms with Crippen molar-refractivity contribution >= 4 is 58.9 Å². The lowest BCUT2D eigenvalue weighted by atomic mass is 10.00. The Morgan fingerprint density at radius 2 is 1.10 bits per heavy atom. The first-order chi connectivity index (χ1) is 47.3. The first-order valence-corrected chi connectivity index (χ1v) is 34.8. The number of nitrogens with zero attached hydrogens (tertiary/aromatic N) is 5. The Balaban J connectivity index is 1.18. The molecule has 4 aromatic carbocycles. The maximum atomic E-state index is 15.1. The van der Waals surface area contributed by atoms with Crippen molar-refractivity contribution in [2.75, 3.05) is 97.6 Å². The summed E-state index contributed by atoms with van der Waals surface area (Å²) in [5, 5.41) is 6.24. The van der Waals surface area contributed by atoms with Gasteiger partial charge in [0.2, 0.25) is 54.9 Å². The standard InChI is InChI=1S/C73H97F3N10O12S/c1-8-53(36-80-37-55-14-11-10-12-15-55)31-51(5)72(94)85(42-58-20-24-63-65(34-58)98-48-96-63)39-54(9-2)32-52(6)71(93)84(41-57-19-23-62-64(33-57)97-47-95-62)38-49(3)30-50(4)70(92)86(40-56-17-21-60(22-18-56)73(74,75)76)44-66(88)81-27-13-16-67(89)83(29-26-78)45-68(90)82(28-25-77)43-61(87)35-59(46-99-7)69(79)91/h10-12,14-15,17-24,30-34,50-52,59,80H,8-9,13,16,25-29,35-48,77-78H2,1-7H3,(H2,79,91)(H,81,88)/b49-30+,53-31+,54-32+/t50-,51+,52+,59?/m1/s1. The second-order valence-electron chi connectivity index (χ2n) is 24.9. The lowest BCUT2D eigenvalue weighted by molar-refractivity contribution is -0.142. The van der Waals surface area contributed by atoms with E-state index in [2.05, 4.69) is 29.7 Å². The highest BCUT2D eigenvalue weighted by Crippen LogP contribution is 2.35. The zero-order valence-corrected chi connectivity index (χ0v) is 58.7. The molecule has 0 aliphatic carbocycles. The second-order valence-corrected chi connectivity index (χ2v) is 25.8. The lowest BCUT2D eigenvalue weighted by Crippen LogP contribution is -2.47. The van der Waals surface area contributed by atoms with Gasteiger partial charge in [-0.3, -0.25) is 38.4 Å². The Bertz CT molecular complexity index is 3480. The molecule has 1 unspecified atom stereocenters. The number of hydrogen-bond donors (Lipinski definition) is 5. The largest absolute Gasteiger partial charge is 0.454 e. The lowest BCUT2D eigenvalue weighted by Gasteiger charge is -2.29. The van der Waals surface area contributed by atoms with Gasteiger partial charge in [0.15, 0.2) is 28.8 Å². The van der Waals surface area contributed by atoms with E-state index in [0.717, 1.165) is 46.4 Å². The molecule has 4 aromatic rings. The van der Waals surface area contributed by atoms with Crippen molar-refractivity contribution in [1.29, 1.82) is 0 Å². The highest BCUT2D eigenvalue weighted by atomic mass is 32.2. The third kappa shape index (κ3) is 25.5. The summed E-state index contributed by atoms with van der Waals surface area (Å²) in [5.74, 6) is -3.86. The third-order valence-corrected chi connectivity index (χ3v) is 17.6. The van der Waals surface area contributed by atoms with Crippen LogP contribution in [0.5, 0.6) is 23.0 Å². The van der Waals surface area contributed by atoms with Crippen molar-refractivity contribution < 1.29 is 70.5 Å². The summed E-state index contributed by atoms with van der Waals surface area (Å²) < 4.78 is 63.7. The highest BCUT2D eigenvalue weighted by Gasteiger charge is 2.32. The molecule has 2 aliphatic rings. The van der Waals surface area contributed by atoms with E-state index in [4.69, 9.17) is 36.1 Å². The molecule has 0 spiro atoms. The van der Waals surface area contributed by atoms with Gasteiger partial charge >= 0.3 is 6.18 Å². The molecule has 0 aromatic heterocycles. The Hall–Kier alpha value is -8.72. The second kappa shape index (κ2) is 39.8. The molecule has 2 heterocycles. The third-order valence-electron chi connectivity index (χ3n) is 16.8. The molecule has 22 nitrogen and oxygen atoms in total. The molecule has 99 heavy (non-hydrogen) atoms. The molecule has 538 valence electrons. The fourth-order valence-electron chi connectivity index (χ4n) is 11.5. The number of nitrogens with one attached hydrogen (secondary N) is 2. The van der Waals surface area contributed by atoms with Crippen LogP contribution in [0.15, 0.2) is 126 Å². The van der Waals surface area contributed by atoms with Crippen LogP contribution in [0.25, 0.3) is 0 Å². The number of ether oxygens (including phenoxy) is 4. The number of thioether (sulfide) groups is 1. The quantitative estimate of drug-likeness (QED) is 0.0209. The van der Waals surface area contributed by atoms with Gasteiger partial charge in [-0.2, -0.15) is 24.9 Å². The normalized spacial score (nSPS) is 14.0. The number of carbonyl (C=O) groups excluding carboxylic acids is 8. The summed E-state index contributed by atoms with van der Waals surface area (Å²) >= 11 is 1.35. The molecule has 0 radical (unpaired) electrons. The number of hydrogen-bond acceptors (Lipinski definition) is 16. The van der Waals surface area contributed by atoms with Gasteiger partial charge in [-0.15, -0.1) is 0 Å². The van der Waals surface area contributed by atoms with E-state index in [1.54, 1.807) is 55.0 Å². The molecular weight excluding hydrogens is 1300 g/mol. The smallest absolute Gasteiger partial charge is 0.416 e. The summed E-state index contributed by atoms with van der Waals surface area (Å²) in [6.07, 6.45) is 3.80. The predicted octanol–water partition coefficient (Wildman–Crippen LogP) is 7.76. The minimum absolute atomic E-state index is 0.00118. The van der Waals surface area contributed by atoms with E-state index in [1.165, 1.54) is 38.6 Å². The molecule has 0 saturated carbocycles. The van der Waals surface area contributed by atoms with Crippen LogP contribution in [0.1, 0.15) is 101 Å². The van der Waals surface area contributed by atoms with E-state index in [1.807, 2.05) is 68.5 Å². The summed E-state index contributed by atoms with van der Waals surface area (Å²) in [5.41, 5.74) is 21.8. The number of carbonyl (C=O) groups is 8. The van der Waals surface area contributed by atoms with Gasteiger partial charge in [0.1, 0.15) is 0 Å². The molecule has 4 atom stereocenters. The van der Waals surface area contributed by atoms with Gasteiger partial charge in [0.05, 0.1) is 48.9 Å². The molecular formula is C73H97F3N10O12S. The number of primary amides is 1. The highest BCUT2D eigenvalue weighted by molar-refractivity contribution is 7.98. The van der Waals surface area contributed by atoms with Crippen molar-refractivity contribution in [1.82, 2.24) is 35.1 Å². The van der Waals surface area contributed by atoms with Crippen molar-refractivity contribution in [2.24, 2.45) is 40.9 Å². The molecule has 7 amide bonds. The van der Waals surface area contributed by atoms with Crippen LogP contribution in [0, 0.1) is 23.7 Å². The Kier molecular flexibility index (Phi) is 31.8. The average Bonchev–Trinajstić information content (AvgIpc) is 1.83. The van der Waals surface area contributed by atoms with Crippen molar-refractivity contribution in [3.05, 3.63) is 154 Å².